The van der Waals surface area contributed by atoms with Gasteiger partial charge in [-0.25, -0.2) is 0 Å². The molecule has 1 aromatic rings. The molecular formula is C10H13NO2S. The molecule has 1 rings (SSSR count). The summed E-state index contributed by atoms with van der Waals surface area (Å²) in [6.45, 7) is 5.49. The first-order chi connectivity index (χ1) is 6.45. The fourth-order valence-electron chi connectivity index (χ4n) is 0.825. The van der Waals surface area contributed by atoms with Gasteiger partial charge in [-0.05, 0) is 11.4 Å². The van der Waals surface area contributed by atoms with Crippen molar-refractivity contribution in [2.24, 2.45) is 5.41 Å². The fraction of sp³-hybridized carbons (Fsp3) is 0.400. The molecule has 1 aromatic heterocycles. The van der Waals surface area contributed by atoms with Gasteiger partial charge < -0.3 is 5.32 Å². The first kappa shape index (κ1) is 10.9. The average Bonchev–Trinajstić information content (AvgIpc) is 2.50. The lowest BCUT2D eigenvalue weighted by Gasteiger charge is -2.17. The van der Waals surface area contributed by atoms with Gasteiger partial charge in [0.25, 0.3) is 0 Å². The lowest BCUT2D eigenvalue weighted by Crippen LogP contribution is -2.27. The summed E-state index contributed by atoms with van der Waals surface area (Å²) < 4.78 is 0. The van der Waals surface area contributed by atoms with Crippen molar-refractivity contribution in [1.82, 2.24) is 0 Å². The van der Waals surface area contributed by atoms with Gasteiger partial charge in [0.15, 0.2) is 6.29 Å². The molecule has 3 nitrogen and oxygen atoms in total. The number of carbonyl (C=O) groups is 2. The van der Waals surface area contributed by atoms with Gasteiger partial charge in [0.05, 0.1) is 10.6 Å². The highest BCUT2D eigenvalue weighted by molar-refractivity contribution is 7.12. The standard InChI is InChI=1S/C10H13NO2S/c1-10(2,3)9(13)11-7-4-5-14-8(7)6-12/h4-6H,1-3H3,(H,11,13). The van der Waals surface area contributed by atoms with Gasteiger partial charge in [0.1, 0.15) is 0 Å². The van der Waals surface area contributed by atoms with Gasteiger partial charge in [0.2, 0.25) is 5.91 Å². The number of amides is 1. The van der Waals surface area contributed by atoms with E-state index in [1.807, 2.05) is 20.8 Å². The van der Waals surface area contributed by atoms with Crippen LogP contribution in [0.5, 0.6) is 0 Å². The summed E-state index contributed by atoms with van der Waals surface area (Å²) in [4.78, 5) is 22.7. The summed E-state index contributed by atoms with van der Waals surface area (Å²) >= 11 is 1.32. The zero-order valence-electron chi connectivity index (χ0n) is 8.46. The molecule has 1 amide bonds. The Kier molecular flexibility index (Phi) is 3.06. The molecule has 76 valence electrons. The molecular weight excluding hydrogens is 198 g/mol. The highest BCUT2D eigenvalue weighted by Gasteiger charge is 2.22. The molecule has 0 bridgehead atoms. The van der Waals surface area contributed by atoms with Crippen LogP contribution in [0.3, 0.4) is 0 Å². The van der Waals surface area contributed by atoms with E-state index in [0.717, 1.165) is 6.29 Å². The Morgan fingerprint density at radius 3 is 2.64 bits per heavy atom. The summed E-state index contributed by atoms with van der Waals surface area (Å²) in [5.74, 6) is -0.0843. The first-order valence-corrected chi connectivity index (χ1v) is 5.17. The summed E-state index contributed by atoms with van der Waals surface area (Å²) in [5.41, 5.74) is 0.159. The van der Waals surface area contributed by atoms with E-state index in [9.17, 15) is 9.59 Å². The Morgan fingerprint density at radius 1 is 1.50 bits per heavy atom. The second-order valence-corrected chi connectivity index (χ2v) is 4.97. The van der Waals surface area contributed by atoms with Crippen molar-refractivity contribution < 1.29 is 9.59 Å². The van der Waals surface area contributed by atoms with Crippen molar-refractivity contribution in [2.45, 2.75) is 20.8 Å². The minimum absolute atomic E-state index is 0.0843. The van der Waals surface area contributed by atoms with E-state index in [-0.39, 0.29) is 5.91 Å². The predicted octanol–water partition coefficient (Wildman–Crippen LogP) is 2.55. The van der Waals surface area contributed by atoms with E-state index in [1.54, 1.807) is 11.4 Å². The zero-order chi connectivity index (χ0) is 10.8. The van der Waals surface area contributed by atoms with E-state index >= 15 is 0 Å². The quantitative estimate of drug-likeness (QED) is 0.764. The highest BCUT2D eigenvalue weighted by atomic mass is 32.1. The van der Waals surface area contributed by atoms with Crippen LogP contribution >= 0.6 is 11.3 Å². The van der Waals surface area contributed by atoms with Crippen LogP contribution in [-0.4, -0.2) is 12.2 Å². The largest absolute Gasteiger partial charge is 0.324 e. The third kappa shape index (κ3) is 2.42. The van der Waals surface area contributed by atoms with Gasteiger partial charge in [-0.3, -0.25) is 9.59 Å². The van der Waals surface area contributed by atoms with Crippen LogP contribution < -0.4 is 5.32 Å². The molecule has 14 heavy (non-hydrogen) atoms. The Labute approximate surface area is 87.1 Å². The molecule has 1 N–H and O–H groups in total. The minimum Gasteiger partial charge on any atom is -0.324 e. The van der Waals surface area contributed by atoms with Crippen LogP contribution in [-0.2, 0) is 4.79 Å². The number of nitrogens with one attached hydrogen (secondary N) is 1. The fourth-order valence-corrected chi connectivity index (χ4v) is 1.48. The molecule has 0 saturated carbocycles. The van der Waals surface area contributed by atoms with Crippen molar-refractivity contribution in [3.63, 3.8) is 0 Å². The van der Waals surface area contributed by atoms with E-state index in [0.29, 0.717) is 10.6 Å². The molecule has 0 aliphatic rings. The summed E-state index contributed by atoms with van der Waals surface area (Å²) in [6.07, 6.45) is 0.753. The van der Waals surface area contributed by atoms with E-state index in [4.69, 9.17) is 0 Å². The molecule has 0 spiro atoms. The lowest BCUT2D eigenvalue weighted by atomic mass is 9.95. The SMILES string of the molecule is CC(C)(C)C(=O)Nc1ccsc1C=O. The maximum absolute atomic E-state index is 11.6. The van der Waals surface area contributed by atoms with Crippen molar-refractivity contribution >= 4 is 29.2 Å². The molecule has 0 saturated heterocycles. The van der Waals surface area contributed by atoms with Crippen LogP contribution in [0.4, 0.5) is 5.69 Å². The number of hydrogen-bond acceptors (Lipinski definition) is 3. The van der Waals surface area contributed by atoms with Crippen LogP contribution in [0.2, 0.25) is 0 Å². The minimum atomic E-state index is -0.442. The Balaban J connectivity index is 2.79. The van der Waals surface area contributed by atoms with Crippen LogP contribution in [0.15, 0.2) is 11.4 Å². The number of rotatable bonds is 2. The summed E-state index contributed by atoms with van der Waals surface area (Å²) in [5, 5.41) is 4.50. The first-order valence-electron chi connectivity index (χ1n) is 4.29. The number of anilines is 1. The second kappa shape index (κ2) is 3.92. The number of aldehydes is 1. The maximum Gasteiger partial charge on any atom is 0.229 e. The Bertz CT molecular complexity index is 349. The van der Waals surface area contributed by atoms with Crippen molar-refractivity contribution in [3.8, 4) is 0 Å². The molecule has 0 unspecified atom stereocenters. The van der Waals surface area contributed by atoms with Crippen LogP contribution in [0.25, 0.3) is 0 Å². The third-order valence-corrected chi connectivity index (χ3v) is 2.57. The molecule has 0 fully saturated rings. The second-order valence-electron chi connectivity index (χ2n) is 4.02. The van der Waals surface area contributed by atoms with E-state index in [2.05, 4.69) is 5.32 Å². The highest BCUT2D eigenvalue weighted by Crippen LogP contribution is 2.23. The molecule has 4 heteroatoms. The molecule has 0 aliphatic carbocycles. The van der Waals surface area contributed by atoms with Crippen molar-refractivity contribution in [1.29, 1.82) is 0 Å². The van der Waals surface area contributed by atoms with Gasteiger partial charge in [0, 0.05) is 5.41 Å². The van der Waals surface area contributed by atoms with E-state index < -0.39 is 5.41 Å². The molecule has 1 heterocycles. The number of thiophene rings is 1. The topological polar surface area (TPSA) is 46.2 Å². The van der Waals surface area contributed by atoms with E-state index in [1.165, 1.54) is 11.3 Å². The van der Waals surface area contributed by atoms with Gasteiger partial charge in [-0.15, -0.1) is 11.3 Å². The third-order valence-electron chi connectivity index (χ3n) is 1.73. The monoisotopic (exact) mass is 211 g/mol. The smallest absolute Gasteiger partial charge is 0.229 e. The van der Waals surface area contributed by atoms with Gasteiger partial charge in [-0.1, -0.05) is 20.8 Å². The normalized spacial score (nSPS) is 11.1. The van der Waals surface area contributed by atoms with Gasteiger partial charge in [-0.2, -0.15) is 0 Å². The Morgan fingerprint density at radius 2 is 2.14 bits per heavy atom. The summed E-state index contributed by atoms with van der Waals surface area (Å²) in [7, 11) is 0. The molecule has 0 aliphatic heterocycles. The maximum atomic E-state index is 11.6. The molecule has 0 aromatic carbocycles. The molecule has 0 radical (unpaired) electrons. The zero-order valence-corrected chi connectivity index (χ0v) is 9.27. The number of carbonyl (C=O) groups excluding carboxylic acids is 2. The summed E-state index contributed by atoms with van der Waals surface area (Å²) in [6, 6.07) is 1.73. The van der Waals surface area contributed by atoms with Crippen LogP contribution in [0, 0.1) is 5.41 Å². The Hall–Kier alpha value is -1.16. The van der Waals surface area contributed by atoms with Crippen molar-refractivity contribution in [3.05, 3.63) is 16.3 Å². The van der Waals surface area contributed by atoms with Crippen molar-refractivity contribution in [2.75, 3.05) is 5.32 Å². The average molecular weight is 211 g/mol. The van der Waals surface area contributed by atoms with Crippen LogP contribution in [0.1, 0.15) is 30.4 Å². The number of hydrogen-bond donors (Lipinski definition) is 1. The lowest BCUT2D eigenvalue weighted by molar-refractivity contribution is -0.123. The molecule has 0 atom stereocenters. The predicted molar refractivity (Wildman–Crippen MR) is 57.8 cm³/mol. The van der Waals surface area contributed by atoms with Gasteiger partial charge >= 0.3 is 0 Å².